The molecule has 0 saturated carbocycles. The summed E-state index contributed by atoms with van der Waals surface area (Å²) < 4.78 is 13.5. The number of hydrogen-bond donors (Lipinski definition) is 1. The van der Waals surface area contributed by atoms with Crippen molar-refractivity contribution in [2.75, 3.05) is 12.4 Å². The van der Waals surface area contributed by atoms with Crippen molar-refractivity contribution in [1.29, 1.82) is 0 Å². The molecule has 1 N–H and O–H groups in total. The lowest BCUT2D eigenvalue weighted by Crippen LogP contribution is -2.40. The van der Waals surface area contributed by atoms with E-state index in [0.29, 0.717) is 49.4 Å². The van der Waals surface area contributed by atoms with Gasteiger partial charge in [-0.05, 0) is 66.6 Å². The summed E-state index contributed by atoms with van der Waals surface area (Å²) in [4.78, 5) is 33.0. The average Bonchev–Trinajstić information content (AvgIpc) is 3.34. The zero-order chi connectivity index (χ0) is 30.6. The first-order valence-corrected chi connectivity index (χ1v) is 15.1. The van der Waals surface area contributed by atoms with Gasteiger partial charge in [0.25, 0.3) is 11.5 Å². The fraction of sp³-hybridized carbons (Fsp3) is 0.114. The predicted molar refractivity (Wildman–Crippen MR) is 174 cm³/mol. The van der Waals surface area contributed by atoms with Crippen LogP contribution in [-0.2, 0) is 11.4 Å². The number of methoxy groups -OCH3 is 1. The largest absolute Gasteiger partial charge is 0.497 e. The summed E-state index contributed by atoms with van der Waals surface area (Å²) in [6, 6.07) is 31.0. The van der Waals surface area contributed by atoms with Gasteiger partial charge in [0.2, 0.25) is 0 Å². The van der Waals surface area contributed by atoms with E-state index in [0.717, 1.165) is 16.7 Å². The SMILES string of the molecule is COc1cccc(C2C(C(=O)Nc3ccccc3)=C(C)N=c3s/c(=C\c4ccc(OCc5ccccc5Cl)cc4)c(=O)n32)c1. The van der Waals surface area contributed by atoms with E-state index in [1.165, 1.54) is 11.3 Å². The van der Waals surface area contributed by atoms with E-state index in [-0.39, 0.29) is 11.5 Å². The molecule has 1 atom stereocenters. The zero-order valence-electron chi connectivity index (χ0n) is 24.0. The van der Waals surface area contributed by atoms with Crippen molar-refractivity contribution in [1.82, 2.24) is 4.57 Å². The predicted octanol–water partition coefficient (Wildman–Crippen LogP) is 6.11. The van der Waals surface area contributed by atoms with Crippen LogP contribution in [0.4, 0.5) is 5.69 Å². The molecule has 1 unspecified atom stereocenters. The number of nitrogens with one attached hydrogen (secondary N) is 1. The average molecular weight is 622 g/mol. The fourth-order valence-electron chi connectivity index (χ4n) is 5.05. The second kappa shape index (κ2) is 12.8. The van der Waals surface area contributed by atoms with Crippen LogP contribution in [0.3, 0.4) is 0 Å². The summed E-state index contributed by atoms with van der Waals surface area (Å²) in [6.45, 7) is 2.15. The number of amides is 1. The lowest BCUT2D eigenvalue weighted by molar-refractivity contribution is -0.113. The monoisotopic (exact) mass is 621 g/mol. The van der Waals surface area contributed by atoms with Crippen molar-refractivity contribution in [2.45, 2.75) is 19.6 Å². The molecule has 4 aromatic carbocycles. The van der Waals surface area contributed by atoms with Crippen molar-refractivity contribution >= 4 is 40.6 Å². The number of aromatic nitrogens is 1. The molecule has 6 rings (SSSR count). The molecule has 7 nitrogen and oxygen atoms in total. The smallest absolute Gasteiger partial charge is 0.271 e. The van der Waals surface area contributed by atoms with Crippen LogP contribution in [0.2, 0.25) is 5.02 Å². The maximum atomic E-state index is 14.0. The van der Waals surface area contributed by atoms with Crippen LogP contribution in [0, 0.1) is 0 Å². The number of nitrogens with zero attached hydrogens (tertiary/aromatic N) is 2. The Morgan fingerprint density at radius 3 is 2.48 bits per heavy atom. The summed E-state index contributed by atoms with van der Waals surface area (Å²) in [5.41, 5.74) is 3.81. The van der Waals surface area contributed by atoms with Gasteiger partial charge >= 0.3 is 0 Å². The van der Waals surface area contributed by atoms with Gasteiger partial charge in [0.15, 0.2) is 4.80 Å². The lowest BCUT2D eigenvalue weighted by atomic mass is 9.95. The van der Waals surface area contributed by atoms with E-state index in [2.05, 4.69) is 5.32 Å². The number of halogens is 1. The van der Waals surface area contributed by atoms with Crippen molar-refractivity contribution in [3.63, 3.8) is 0 Å². The van der Waals surface area contributed by atoms with Gasteiger partial charge in [-0.25, -0.2) is 4.99 Å². The Hall–Kier alpha value is -4.92. The van der Waals surface area contributed by atoms with Crippen molar-refractivity contribution in [3.8, 4) is 11.5 Å². The van der Waals surface area contributed by atoms with E-state index in [4.69, 9.17) is 26.1 Å². The Balaban J connectivity index is 1.36. The Morgan fingerprint density at radius 1 is 0.977 bits per heavy atom. The molecule has 1 aliphatic heterocycles. The van der Waals surface area contributed by atoms with Gasteiger partial charge in [0.1, 0.15) is 18.1 Å². The number of thiazole rings is 1. The highest BCUT2D eigenvalue weighted by molar-refractivity contribution is 7.07. The maximum Gasteiger partial charge on any atom is 0.271 e. The lowest BCUT2D eigenvalue weighted by Gasteiger charge is -2.25. The molecule has 0 bridgehead atoms. The topological polar surface area (TPSA) is 81.9 Å². The van der Waals surface area contributed by atoms with Crippen LogP contribution in [0.5, 0.6) is 11.5 Å². The Morgan fingerprint density at radius 2 is 1.73 bits per heavy atom. The molecule has 0 saturated heterocycles. The molecule has 1 aromatic heterocycles. The molecular formula is C35H28ClN3O4S. The van der Waals surface area contributed by atoms with Crippen LogP contribution in [-0.4, -0.2) is 17.6 Å². The normalized spacial score (nSPS) is 14.5. The minimum absolute atomic E-state index is 0.238. The summed E-state index contributed by atoms with van der Waals surface area (Å²) in [6.07, 6.45) is 1.83. The number of carbonyl (C=O) groups is 1. The second-order valence-electron chi connectivity index (χ2n) is 10.1. The number of benzene rings is 4. The molecule has 220 valence electrons. The molecule has 1 amide bonds. The molecule has 44 heavy (non-hydrogen) atoms. The number of hydrogen-bond acceptors (Lipinski definition) is 6. The highest BCUT2D eigenvalue weighted by atomic mass is 35.5. The summed E-state index contributed by atoms with van der Waals surface area (Å²) in [5, 5.41) is 3.62. The number of rotatable bonds is 8. The molecule has 0 aliphatic carbocycles. The Labute approximate surface area is 263 Å². The van der Waals surface area contributed by atoms with Crippen molar-refractivity contribution in [3.05, 3.63) is 156 Å². The van der Waals surface area contributed by atoms with E-state index in [1.807, 2.05) is 109 Å². The van der Waals surface area contributed by atoms with E-state index in [1.54, 1.807) is 18.6 Å². The van der Waals surface area contributed by atoms with Gasteiger partial charge in [-0.1, -0.05) is 83.6 Å². The highest BCUT2D eigenvalue weighted by Gasteiger charge is 2.32. The van der Waals surface area contributed by atoms with Gasteiger partial charge in [-0.2, -0.15) is 0 Å². The molecular weight excluding hydrogens is 594 g/mol. The number of anilines is 1. The van der Waals surface area contributed by atoms with Gasteiger partial charge < -0.3 is 14.8 Å². The van der Waals surface area contributed by atoms with Crippen molar-refractivity contribution < 1.29 is 14.3 Å². The third-order valence-corrected chi connectivity index (χ3v) is 8.59. The number of para-hydroxylation sites is 1. The van der Waals surface area contributed by atoms with E-state index in [9.17, 15) is 9.59 Å². The third-order valence-electron chi connectivity index (χ3n) is 7.24. The van der Waals surface area contributed by atoms with Crippen LogP contribution in [0.1, 0.15) is 29.7 Å². The molecule has 9 heteroatoms. The van der Waals surface area contributed by atoms with Crippen LogP contribution < -0.4 is 29.7 Å². The molecule has 0 fully saturated rings. The molecule has 1 aliphatic rings. The first-order chi connectivity index (χ1) is 21.4. The van der Waals surface area contributed by atoms with Crippen LogP contribution in [0.25, 0.3) is 6.08 Å². The van der Waals surface area contributed by atoms with Gasteiger partial charge in [-0.15, -0.1) is 0 Å². The van der Waals surface area contributed by atoms with E-state index >= 15 is 0 Å². The molecule has 0 spiro atoms. The van der Waals surface area contributed by atoms with Crippen LogP contribution >= 0.6 is 22.9 Å². The zero-order valence-corrected chi connectivity index (χ0v) is 25.6. The summed E-state index contributed by atoms with van der Waals surface area (Å²) in [5.74, 6) is 0.983. The number of ether oxygens (including phenoxy) is 2. The molecule has 2 heterocycles. The second-order valence-corrected chi connectivity index (χ2v) is 11.5. The number of carbonyl (C=O) groups excluding carboxylic acids is 1. The minimum atomic E-state index is -0.701. The maximum absolute atomic E-state index is 14.0. The fourth-order valence-corrected chi connectivity index (χ4v) is 6.28. The van der Waals surface area contributed by atoms with Gasteiger partial charge in [-0.3, -0.25) is 14.2 Å². The van der Waals surface area contributed by atoms with Gasteiger partial charge in [0.05, 0.1) is 29.0 Å². The first-order valence-electron chi connectivity index (χ1n) is 13.9. The first kappa shape index (κ1) is 29.2. The molecule has 5 aromatic rings. The van der Waals surface area contributed by atoms with Gasteiger partial charge in [0, 0.05) is 16.3 Å². The third kappa shape index (κ3) is 6.08. The van der Waals surface area contributed by atoms with E-state index < -0.39 is 6.04 Å². The number of fused-ring (bicyclic) bond motifs is 1. The quantitative estimate of drug-likeness (QED) is 0.227. The Bertz CT molecular complexity index is 2050. The summed E-state index contributed by atoms with van der Waals surface area (Å²) in [7, 11) is 1.59. The Kier molecular flexibility index (Phi) is 8.45. The summed E-state index contributed by atoms with van der Waals surface area (Å²) >= 11 is 7.53. The number of allylic oxidation sites excluding steroid dienone is 1. The van der Waals surface area contributed by atoms with Crippen molar-refractivity contribution in [2.24, 2.45) is 4.99 Å². The van der Waals surface area contributed by atoms with Crippen LogP contribution in [0.15, 0.2) is 124 Å². The standard InChI is InChI=1S/C35H28ClN3O4S/c1-22-31(33(40)38-26-11-4-3-5-12-26)32(24-10-8-13-28(20-24)42-2)39-34(41)30(44-35(39)37-22)19-23-15-17-27(18-16-23)43-21-25-9-6-7-14-29(25)36/h3-20,32H,21H2,1-2H3,(H,38,40)/b30-19-. The highest BCUT2D eigenvalue weighted by Crippen LogP contribution is 2.32. The minimum Gasteiger partial charge on any atom is -0.497 e. The molecule has 0 radical (unpaired) electrons.